The highest BCUT2D eigenvalue weighted by atomic mass is 16.3. The van der Waals surface area contributed by atoms with Gasteiger partial charge in [0.25, 0.3) is 0 Å². The molecule has 5 heteroatoms. The molecule has 0 unspecified atom stereocenters. The summed E-state index contributed by atoms with van der Waals surface area (Å²) in [6.07, 6.45) is 0. The Bertz CT molecular complexity index is 550. The molecule has 0 fully saturated rings. The van der Waals surface area contributed by atoms with Gasteiger partial charge in [-0.3, -0.25) is 0 Å². The topological polar surface area (TPSA) is 91.2 Å². The minimum absolute atomic E-state index is 0.0890. The zero-order valence-electron chi connectivity index (χ0n) is 8.91. The van der Waals surface area contributed by atoms with Gasteiger partial charge in [-0.1, -0.05) is 0 Å². The molecule has 0 bridgehead atoms. The number of anilines is 1. The van der Waals surface area contributed by atoms with Crippen LogP contribution in [0.4, 0.5) is 17.1 Å². The van der Waals surface area contributed by atoms with Gasteiger partial charge in [0.05, 0.1) is 11.4 Å². The van der Waals surface area contributed by atoms with E-state index in [0.717, 1.165) is 0 Å². The number of azo groups is 1. The van der Waals surface area contributed by atoms with Crippen molar-refractivity contribution in [1.82, 2.24) is 0 Å². The number of phenolic OH excluding ortho intramolecular Hbond substituents is 2. The number of hydrogen-bond donors (Lipinski definition) is 3. The first kappa shape index (κ1) is 10.9. The first-order chi connectivity index (χ1) is 8.15. The maximum Gasteiger partial charge on any atom is 0.117 e. The van der Waals surface area contributed by atoms with E-state index in [-0.39, 0.29) is 11.5 Å². The van der Waals surface area contributed by atoms with Crippen LogP contribution < -0.4 is 5.73 Å². The summed E-state index contributed by atoms with van der Waals surface area (Å²) in [6.45, 7) is 0. The van der Waals surface area contributed by atoms with E-state index in [1.807, 2.05) is 0 Å². The lowest BCUT2D eigenvalue weighted by Gasteiger charge is -1.99. The number of phenols is 2. The van der Waals surface area contributed by atoms with Crippen LogP contribution in [0.5, 0.6) is 11.5 Å². The summed E-state index contributed by atoms with van der Waals surface area (Å²) >= 11 is 0. The summed E-state index contributed by atoms with van der Waals surface area (Å²) in [7, 11) is 0. The summed E-state index contributed by atoms with van der Waals surface area (Å²) in [4.78, 5) is 0. The van der Waals surface area contributed by atoms with Crippen LogP contribution in [0.3, 0.4) is 0 Å². The number of rotatable bonds is 2. The molecule has 0 spiro atoms. The van der Waals surface area contributed by atoms with Crippen molar-refractivity contribution in [3.05, 3.63) is 42.5 Å². The van der Waals surface area contributed by atoms with Crippen molar-refractivity contribution in [2.75, 3.05) is 5.73 Å². The van der Waals surface area contributed by atoms with Gasteiger partial charge in [-0.2, -0.15) is 5.11 Å². The highest BCUT2D eigenvalue weighted by Gasteiger charge is 1.98. The molecule has 0 saturated heterocycles. The van der Waals surface area contributed by atoms with Crippen LogP contribution in [-0.4, -0.2) is 10.2 Å². The maximum absolute atomic E-state index is 9.17. The Kier molecular flexibility index (Phi) is 2.91. The van der Waals surface area contributed by atoms with Crippen LogP contribution in [0.1, 0.15) is 0 Å². The average Bonchev–Trinajstić information content (AvgIpc) is 2.30. The summed E-state index contributed by atoms with van der Waals surface area (Å²) < 4.78 is 0. The Labute approximate surface area is 97.9 Å². The van der Waals surface area contributed by atoms with Gasteiger partial charge in [0.1, 0.15) is 17.2 Å². The van der Waals surface area contributed by atoms with Crippen molar-refractivity contribution >= 4 is 17.1 Å². The molecule has 0 radical (unpaired) electrons. The minimum Gasteiger partial charge on any atom is -0.508 e. The van der Waals surface area contributed by atoms with Gasteiger partial charge >= 0.3 is 0 Å². The standard InChI is InChI=1S/C12H11N3O2/c13-11-7-10(17)5-6-12(11)15-14-8-1-3-9(16)4-2-8/h1-7,16-17H,13H2. The number of hydrogen-bond acceptors (Lipinski definition) is 5. The zero-order valence-corrected chi connectivity index (χ0v) is 8.91. The first-order valence-corrected chi connectivity index (χ1v) is 4.94. The molecule has 4 N–H and O–H groups in total. The van der Waals surface area contributed by atoms with Crippen LogP contribution >= 0.6 is 0 Å². The third kappa shape index (κ3) is 2.72. The summed E-state index contributed by atoms with van der Waals surface area (Å²) in [5, 5.41) is 26.2. The van der Waals surface area contributed by atoms with Gasteiger partial charge in [-0.25, -0.2) is 0 Å². The Hall–Kier alpha value is -2.56. The lowest BCUT2D eigenvalue weighted by atomic mass is 10.2. The molecule has 2 rings (SSSR count). The van der Waals surface area contributed by atoms with Crippen LogP contribution in [0, 0.1) is 0 Å². The molecule has 0 aliphatic heterocycles. The van der Waals surface area contributed by atoms with E-state index in [4.69, 9.17) is 10.8 Å². The molecule has 0 aromatic heterocycles. The molecule has 0 aliphatic carbocycles. The Morgan fingerprint density at radius 3 is 2.12 bits per heavy atom. The van der Waals surface area contributed by atoms with Gasteiger partial charge in [-0.05, 0) is 36.4 Å². The van der Waals surface area contributed by atoms with E-state index in [1.165, 1.54) is 24.3 Å². The molecule has 86 valence electrons. The van der Waals surface area contributed by atoms with Crippen LogP contribution in [0.15, 0.2) is 52.7 Å². The average molecular weight is 229 g/mol. The Balaban J connectivity index is 2.23. The molecule has 17 heavy (non-hydrogen) atoms. The van der Waals surface area contributed by atoms with Crippen molar-refractivity contribution in [2.45, 2.75) is 0 Å². The Morgan fingerprint density at radius 2 is 1.47 bits per heavy atom. The largest absolute Gasteiger partial charge is 0.508 e. The van der Waals surface area contributed by atoms with E-state index >= 15 is 0 Å². The monoisotopic (exact) mass is 229 g/mol. The molecule has 2 aromatic carbocycles. The molecule has 0 heterocycles. The van der Waals surface area contributed by atoms with Crippen molar-refractivity contribution in [3.63, 3.8) is 0 Å². The highest BCUT2D eigenvalue weighted by molar-refractivity contribution is 5.64. The number of nitrogens with two attached hydrogens (primary N) is 1. The van der Waals surface area contributed by atoms with Gasteiger partial charge in [0.15, 0.2) is 0 Å². The smallest absolute Gasteiger partial charge is 0.117 e. The normalized spacial score (nSPS) is 10.8. The van der Waals surface area contributed by atoms with Gasteiger partial charge in [0.2, 0.25) is 0 Å². The predicted molar refractivity (Wildman–Crippen MR) is 64.8 cm³/mol. The second-order valence-corrected chi connectivity index (χ2v) is 3.46. The molecule has 5 nitrogen and oxygen atoms in total. The molecular weight excluding hydrogens is 218 g/mol. The van der Waals surface area contributed by atoms with Gasteiger partial charge in [0, 0.05) is 6.07 Å². The van der Waals surface area contributed by atoms with E-state index < -0.39 is 0 Å². The molecular formula is C12H11N3O2. The number of aromatic hydroxyl groups is 2. The second kappa shape index (κ2) is 4.52. The van der Waals surface area contributed by atoms with E-state index in [2.05, 4.69) is 10.2 Å². The summed E-state index contributed by atoms with van der Waals surface area (Å²) in [5.74, 6) is 0.263. The predicted octanol–water partition coefficient (Wildman–Crippen LogP) is 3.10. The third-order valence-electron chi connectivity index (χ3n) is 2.13. The number of nitrogens with zero attached hydrogens (tertiary/aromatic N) is 2. The SMILES string of the molecule is Nc1cc(O)ccc1N=Nc1ccc(O)cc1. The van der Waals surface area contributed by atoms with Crippen molar-refractivity contribution in [1.29, 1.82) is 0 Å². The molecule has 0 saturated carbocycles. The van der Waals surface area contributed by atoms with Gasteiger partial charge < -0.3 is 15.9 Å². The maximum atomic E-state index is 9.17. The zero-order chi connectivity index (χ0) is 12.3. The minimum atomic E-state index is 0.0890. The third-order valence-corrected chi connectivity index (χ3v) is 2.13. The molecule has 0 amide bonds. The highest BCUT2D eigenvalue weighted by Crippen LogP contribution is 2.28. The van der Waals surface area contributed by atoms with Crippen LogP contribution in [0.2, 0.25) is 0 Å². The lowest BCUT2D eigenvalue weighted by molar-refractivity contribution is 0.475. The summed E-state index contributed by atoms with van der Waals surface area (Å²) in [5.41, 5.74) is 7.10. The van der Waals surface area contributed by atoms with E-state index in [9.17, 15) is 5.11 Å². The number of benzene rings is 2. The van der Waals surface area contributed by atoms with E-state index in [0.29, 0.717) is 17.1 Å². The van der Waals surface area contributed by atoms with Gasteiger partial charge in [-0.15, -0.1) is 5.11 Å². The van der Waals surface area contributed by atoms with E-state index in [1.54, 1.807) is 18.2 Å². The van der Waals surface area contributed by atoms with Crippen molar-refractivity contribution in [2.24, 2.45) is 10.2 Å². The second-order valence-electron chi connectivity index (χ2n) is 3.46. The van der Waals surface area contributed by atoms with Crippen LogP contribution in [0.25, 0.3) is 0 Å². The fourth-order valence-electron chi connectivity index (χ4n) is 1.26. The fourth-order valence-corrected chi connectivity index (χ4v) is 1.26. The molecule has 0 atom stereocenters. The summed E-state index contributed by atoms with van der Waals surface area (Å²) in [6, 6.07) is 10.8. The Morgan fingerprint density at radius 1 is 0.824 bits per heavy atom. The number of nitrogen functional groups attached to an aromatic ring is 1. The van der Waals surface area contributed by atoms with Crippen molar-refractivity contribution in [3.8, 4) is 11.5 Å². The lowest BCUT2D eigenvalue weighted by Crippen LogP contribution is -1.83. The first-order valence-electron chi connectivity index (χ1n) is 4.94. The molecule has 0 aliphatic rings. The quantitative estimate of drug-likeness (QED) is 0.545. The molecule has 2 aromatic rings. The fraction of sp³-hybridized carbons (Fsp3) is 0. The van der Waals surface area contributed by atoms with Crippen LogP contribution in [-0.2, 0) is 0 Å². The van der Waals surface area contributed by atoms with Crippen molar-refractivity contribution < 1.29 is 10.2 Å².